The van der Waals surface area contributed by atoms with E-state index in [1.807, 2.05) is 41.8 Å². The van der Waals surface area contributed by atoms with E-state index in [1.54, 1.807) is 17.4 Å². The van der Waals surface area contributed by atoms with Crippen LogP contribution in [0, 0.1) is 10.1 Å². The lowest BCUT2D eigenvalue weighted by molar-refractivity contribution is -0.383. The van der Waals surface area contributed by atoms with Gasteiger partial charge in [-0.05, 0) is 40.2 Å². The highest BCUT2D eigenvalue weighted by atomic mass is 79.9. The quantitative estimate of drug-likeness (QED) is 0.480. The average Bonchev–Trinajstić information content (AvgIpc) is 2.89. The van der Waals surface area contributed by atoms with Gasteiger partial charge in [-0.25, -0.2) is 4.98 Å². The molecule has 0 atom stereocenters. The molecule has 21 heavy (non-hydrogen) atoms. The minimum Gasteiger partial charge on any atom is -0.258 e. The van der Waals surface area contributed by atoms with Crippen LogP contribution in [-0.4, -0.2) is 9.91 Å². The van der Waals surface area contributed by atoms with Crippen molar-refractivity contribution in [2.75, 3.05) is 0 Å². The number of pyridine rings is 1. The van der Waals surface area contributed by atoms with E-state index in [0.29, 0.717) is 11.2 Å². The van der Waals surface area contributed by atoms with E-state index in [4.69, 9.17) is 0 Å². The van der Waals surface area contributed by atoms with Gasteiger partial charge < -0.3 is 0 Å². The van der Waals surface area contributed by atoms with Crippen LogP contribution in [0.3, 0.4) is 0 Å². The van der Waals surface area contributed by atoms with Crippen LogP contribution in [0.25, 0.3) is 23.1 Å². The highest BCUT2D eigenvalue weighted by Crippen LogP contribution is 2.25. The normalized spacial score (nSPS) is 11.3. The summed E-state index contributed by atoms with van der Waals surface area (Å²) in [5.41, 5.74) is 1.14. The largest absolute Gasteiger partial charge is 0.295 e. The summed E-state index contributed by atoms with van der Waals surface area (Å²) < 4.78 is 1.04. The molecule has 104 valence electrons. The van der Waals surface area contributed by atoms with Gasteiger partial charge in [-0.3, -0.25) is 10.1 Å². The molecule has 0 fully saturated rings. The molecule has 0 unspecified atom stereocenters. The van der Waals surface area contributed by atoms with Crippen molar-refractivity contribution in [3.63, 3.8) is 0 Å². The van der Waals surface area contributed by atoms with Crippen molar-refractivity contribution < 1.29 is 4.92 Å². The molecule has 6 heteroatoms. The SMILES string of the molecule is O=[N+]([O-])c1cccc2ccc(/C=C/c3cc(Br)cs3)nc12. The monoisotopic (exact) mass is 360 g/mol. The van der Waals surface area contributed by atoms with Crippen LogP contribution >= 0.6 is 27.3 Å². The molecule has 0 amide bonds. The van der Waals surface area contributed by atoms with Gasteiger partial charge in [0, 0.05) is 26.2 Å². The Morgan fingerprint density at radius 3 is 2.81 bits per heavy atom. The summed E-state index contributed by atoms with van der Waals surface area (Å²) in [5, 5.41) is 13.8. The third-order valence-electron chi connectivity index (χ3n) is 2.92. The van der Waals surface area contributed by atoms with Crippen LogP contribution in [0.4, 0.5) is 5.69 Å². The van der Waals surface area contributed by atoms with Crippen LogP contribution in [-0.2, 0) is 0 Å². The van der Waals surface area contributed by atoms with E-state index in [1.165, 1.54) is 6.07 Å². The van der Waals surface area contributed by atoms with Gasteiger partial charge in [0.2, 0.25) is 0 Å². The standard InChI is InChI=1S/C15H9BrN2O2S/c16-11-8-13(21-9-11)7-6-12-5-4-10-2-1-3-14(18(19)20)15(10)17-12/h1-9H/b7-6+. The van der Waals surface area contributed by atoms with Crippen molar-refractivity contribution in [1.82, 2.24) is 4.98 Å². The molecule has 0 N–H and O–H groups in total. The Bertz CT molecular complexity index is 858. The second kappa shape index (κ2) is 5.75. The Hall–Kier alpha value is -2.05. The molecule has 0 aliphatic carbocycles. The first-order valence-electron chi connectivity index (χ1n) is 6.10. The van der Waals surface area contributed by atoms with Crippen molar-refractivity contribution in [1.29, 1.82) is 0 Å². The topological polar surface area (TPSA) is 56.0 Å². The molecule has 0 aliphatic heterocycles. The summed E-state index contributed by atoms with van der Waals surface area (Å²) in [6, 6.07) is 10.7. The number of aromatic nitrogens is 1. The maximum Gasteiger partial charge on any atom is 0.295 e. The van der Waals surface area contributed by atoms with Crippen LogP contribution in [0.2, 0.25) is 0 Å². The van der Waals surface area contributed by atoms with E-state index in [9.17, 15) is 10.1 Å². The summed E-state index contributed by atoms with van der Waals surface area (Å²) in [6.07, 6.45) is 3.80. The zero-order valence-corrected chi connectivity index (χ0v) is 13.1. The first kappa shape index (κ1) is 13.9. The number of fused-ring (bicyclic) bond motifs is 1. The van der Waals surface area contributed by atoms with Gasteiger partial charge in [0.25, 0.3) is 5.69 Å². The van der Waals surface area contributed by atoms with E-state index in [0.717, 1.165) is 14.7 Å². The highest BCUT2D eigenvalue weighted by Gasteiger charge is 2.12. The molecule has 3 aromatic rings. The third kappa shape index (κ3) is 3.01. The van der Waals surface area contributed by atoms with Gasteiger partial charge in [0.05, 0.1) is 10.6 Å². The van der Waals surface area contributed by atoms with Crippen molar-refractivity contribution in [2.45, 2.75) is 0 Å². The van der Waals surface area contributed by atoms with E-state index in [2.05, 4.69) is 20.9 Å². The van der Waals surface area contributed by atoms with Gasteiger partial charge in [-0.2, -0.15) is 0 Å². The van der Waals surface area contributed by atoms with Crippen molar-refractivity contribution in [3.05, 3.63) is 66.9 Å². The number of nitro benzene ring substituents is 1. The van der Waals surface area contributed by atoms with Gasteiger partial charge in [0.15, 0.2) is 0 Å². The Morgan fingerprint density at radius 2 is 2.10 bits per heavy atom. The lowest BCUT2D eigenvalue weighted by Crippen LogP contribution is -1.92. The Labute approximate surface area is 133 Å². The molecule has 0 spiro atoms. The molecule has 0 radical (unpaired) electrons. The number of non-ortho nitro benzene ring substituents is 1. The molecule has 2 aromatic heterocycles. The number of nitrogens with zero attached hydrogens (tertiary/aromatic N) is 2. The second-order valence-electron chi connectivity index (χ2n) is 4.34. The summed E-state index contributed by atoms with van der Waals surface area (Å²) in [4.78, 5) is 16.1. The lowest BCUT2D eigenvalue weighted by Gasteiger charge is -2.00. The number of nitro groups is 1. The summed E-state index contributed by atoms with van der Waals surface area (Å²) >= 11 is 5.01. The molecule has 0 aliphatic rings. The minimum atomic E-state index is -0.404. The maximum atomic E-state index is 11.1. The molecule has 0 saturated carbocycles. The summed E-state index contributed by atoms with van der Waals surface area (Å²) in [6.45, 7) is 0. The number of para-hydroxylation sites is 1. The zero-order valence-electron chi connectivity index (χ0n) is 10.7. The number of rotatable bonds is 3. The molecular formula is C15H9BrN2O2S. The second-order valence-corrected chi connectivity index (χ2v) is 6.20. The van der Waals surface area contributed by atoms with Crippen LogP contribution in [0.15, 0.2) is 46.3 Å². The summed E-state index contributed by atoms with van der Waals surface area (Å²) in [5.74, 6) is 0. The van der Waals surface area contributed by atoms with Crippen LogP contribution in [0.1, 0.15) is 10.6 Å². The smallest absolute Gasteiger partial charge is 0.258 e. The molecule has 1 aromatic carbocycles. The van der Waals surface area contributed by atoms with E-state index >= 15 is 0 Å². The minimum absolute atomic E-state index is 0.0293. The van der Waals surface area contributed by atoms with Gasteiger partial charge in [0.1, 0.15) is 5.52 Å². The molecule has 0 bridgehead atoms. The fourth-order valence-electron chi connectivity index (χ4n) is 1.97. The molecule has 0 saturated heterocycles. The Kier molecular flexibility index (Phi) is 3.81. The number of halogens is 1. The summed E-state index contributed by atoms with van der Waals surface area (Å²) in [7, 11) is 0. The lowest BCUT2D eigenvalue weighted by atomic mass is 10.1. The predicted octanol–water partition coefficient (Wildman–Crippen LogP) is 5.14. The molecular weight excluding hydrogens is 352 g/mol. The van der Waals surface area contributed by atoms with Crippen molar-refractivity contribution >= 4 is 56.0 Å². The van der Waals surface area contributed by atoms with Gasteiger partial charge in [-0.15, -0.1) is 11.3 Å². The van der Waals surface area contributed by atoms with Gasteiger partial charge in [-0.1, -0.05) is 18.2 Å². The van der Waals surface area contributed by atoms with Crippen molar-refractivity contribution in [3.8, 4) is 0 Å². The molecule has 4 nitrogen and oxygen atoms in total. The number of hydrogen-bond acceptors (Lipinski definition) is 4. The fraction of sp³-hybridized carbons (Fsp3) is 0. The third-order valence-corrected chi connectivity index (χ3v) is 4.58. The fourth-order valence-corrected chi connectivity index (χ4v) is 3.31. The zero-order chi connectivity index (χ0) is 14.8. The van der Waals surface area contributed by atoms with E-state index in [-0.39, 0.29) is 5.69 Å². The maximum absolute atomic E-state index is 11.1. The number of benzene rings is 1. The molecule has 2 heterocycles. The number of hydrogen-bond donors (Lipinski definition) is 0. The number of thiophene rings is 1. The molecule has 3 rings (SSSR count). The predicted molar refractivity (Wildman–Crippen MR) is 89.3 cm³/mol. The highest BCUT2D eigenvalue weighted by molar-refractivity contribution is 9.10. The van der Waals surface area contributed by atoms with Crippen LogP contribution in [0.5, 0.6) is 0 Å². The van der Waals surface area contributed by atoms with Crippen LogP contribution < -0.4 is 0 Å². The Balaban J connectivity index is 2.02. The Morgan fingerprint density at radius 1 is 1.24 bits per heavy atom. The van der Waals surface area contributed by atoms with E-state index < -0.39 is 4.92 Å². The van der Waals surface area contributed by atoms with Crippen molar-refractivity contribution in [2.24, 2.45) is 0 Å². The average molecular weight is 361 g/mol. The first-order valence-corrected chi connectivity index (χ1v) is 7.77. The van der Waals surface area contributed by atoms with Gasteiger partial charge >= 0.3 is 0 Å². The first-order chi connectivity index (χ1) is 10.1.